The van der Waals surface area contributed by atoms with Crippen LogP contribution < -0.4 is 10.2 Å². The lowest BCUT2D eigenvalue weighted by Crippen LogP contribution is -2.49. The number of fused-ring (bicyclic) bond motifs is 1. The minimum absolute atomic E-state index is 0.0202. The van der Waals surface area contributed by atoms with Crippen LogP contribution in [0.2, 0.25) is 5.02 Å². The maximum Gasteiger partial charge on any atom is 0.261 e. The molecule has 0 radical (unpaired) electrons. The van der Waals surface area contributed by atoms with Gasteiger partial charge in [0.05, 0.1) is 11.6 Å². The Morgan fingerprint density at radius 1 is 1.15 bits per heavy atom. The Hall–Kier alpha value is -2.94. The van der Waals surface area contributed by atoms with Crippen molar-refractivity contribution in [3.63, 3.8) is 0 Å². The maximum atomic E-state index is 13.9. The van der Waals surface area contributed by atoms with Gasteiger partial charge in [-0.3, -0.25) is 14.7 Å². The van der Waals surface area contributed by atoms with E-state index in [0.717, 1.165) is 45.7 Å². The number of carbonyl (C=O) groups excluding carboxylic acids is 1. The molecule has 4 aromatic rings. The quantitative estimate of drug-likeness (QED) is 0.453. The zero-order chi connectivity index (χ0) is 22.9. The van der Waals surface area contributed by atoms with Crippen LogP contribution in [0, 0.1) is 13.8 Å². The van der Waals surface area contributed by atoms with Gasteiger partial charge in [0, 0.05) is 34.7 Å². The molecule has 7 nitrogen and oxygen atoms in total. The summed E-state index contributed by atoms with van der Waals surface area (Å²) in [4.78, 5) is 24.9. The molecule has 4 heterocycles. The first-order valence-corrected chi connectivity index (χ1v) is 12.1. The Bertz CT molecular complexity index is 1320. The average Bonchev–Trinajstić information content (AvgIpc) is 3.29. The first-order chi connectivity index (χ1) is 16.0. The number of hydrogen-bond acceptors (Lipinski definition) is 7. The second-order valence-electron chi connectivity index (χ2n) is 8.16. The van der Waals surface area contributed by atoms with E-state index in [4.69, 9.17) is 11.6 Å². The van der Waals surface area contributed by atoms with Gasteiger partial charge in [0.15, 0.2) is 5.01 Å². The average molecular weight is 479 g/mol. The van der Waals surface area contributed by atoms with Crippen molar-refractivity contribution in [3.05, 3.63) is 63.9 Å². The van der Waals surface area contributed by atoms with Crippen LogP contribution in [0.3, 0.4) is 0 Å². The molecule has 0 saturated carbocycles. The fourth-order valence-corrected chi connectivity index (χ4v) is 5.16. The number of halogens is 1. The van der Waals surface area contributed by atoms with Gasteiger partial charge in [-0.05, 0) is 63.1 Å². The second kappa shape index (κ2) is 9.13. The molecule has 5 rings (SSSR count). The first kappa shape index (κ1) is 21.9. The number of nitrogens with one attached hydrogen (secondary N) is 1. The Balaban J connectivity index is 1.59. The molecule has 1 atom stereocenters. The highest BCUT2D eigenvalue weighted by molar-refractivity contribution is 7.14. The molecule has 1 saturated heterocycles. The molecule has 0 bridgehead atoms. The molecule has 1 aliphatic rings. The van der Waals surface area contributed by atoms with Gasteiger partial charge in [0.1, 0.15) is 16.5 Å². The van der Waals surface area contributed by atoms with Crippen LogP contribution in [-0.2, 0) is 0 Å². The zero-order valence-electron chi connectivity index (χ0n) is 18.4. The van der Waals surface area contributed by atoms with E-state index in [0.29, 0.717) is 28.6 Å². The third-order valence-corrected chi connectivity index (χ3v) is 7.09. The summed E-state index contributed by atoms with van der Waals surface area (Å²) >= 11 is 7.98. The van der Waals surface area contributed by atoms with E-state index in [-0.39, 0.29) is 11.9 Å². The molecule has 1 amide bonds. The third kappa shape index (κ3) is 4.21. The van der Waals surface area contributed by atoms with Crippen LogP contribution in [-0.4, -0.2) is 45.2 Å². The fourth-order valence-electron chi connectivity index (χ4n) is 4.27. The summed E-state index contributed by atoms with van der Waals surface area (Å²) in [5, 5.41) is 15.7. The molecule has 1 aromatic carbocycles. The number of piperidine rings is 1. The Morgan fingerprint density at radius 3 is 2.73 bits per heavy atom. The fraction of sp³-hybridized carbons (Fsp3) is 0.292. The number of carbonyl (C=O) groups is 1. The van der Waals surface area contributed by atoms with Crippen LogP contribution >= 0.6 is 22.9 Å². The number of amides is 1. The van der Waals surface area contributed by atoms with E-state index in [2.05, 4.69) is 25.5 Å². The monoisotopic (exact) mass is 478 g/mol. The highest BCUT2D eigenvalue weighted by Gasteiger charge is 2.30. The van der Waals surface area contributed by atoms with Gasteiger partial charge < -0.3 is 5.32 Å². The van der Waals surface area contributed by atoms with Crippen molar-refractivity contribution in [2.24, 2.45) is 0 Å². The lowest BCUT2D eigenvalue weighted by Gasteiger charge is -2.35. The van der Waals surface area contributed by atoms with Gasteiger partial charge in [0.25, 0.3) is 5.91 Å². The van der Waals surface area contributed by atoms with Crippen LogP contribution in [0.25, 0.3) is 21.5 Å². The third-order valence-electron chi connectivity index (χ3n) is 5.90. The summed E-state index contributed by atoms with van der Waals surface area (Å²) in [6, 6.07) is 9.36. The number of pyridine rings is 2. The largest absolute Gasteiger partial charge is 0.315 e. The first-order valence-electron chi connectivity index (χ1n) is 10.9. The number of anilines is 1. The summed E-state index contributed by atoms with van der Waals surface area (Å²) in [6.07, 6.45) is 5.22. The van der Waals surface area contributed by atoms with Crippen LogP contribution in [0.5, 0.6) is 0 Å². The van der Waals surface area contributed by atoms with E-state index in [1.807, 2.05) is 43.0 Å². The molecular weight excluding hydrogens is 456 g/mol. The summed E-state index contributed by atoms with van der Waals surface area (Å²) in [5.74, 6) is 0.505. The van der Waals surface area contributed by atoms with Crippen molar-refractivity contribution in [1.29, 1.82) is 0 Å². The standard InChI is InChI=1S/C24H23ClN6OS/c1-14-5-7-19(25)18-9-11-27-22(21(14)18)31(17-4-3-10-26-13-17)24(32)16-6-8-20(28-12-16)23-30-29-15(2)33-23/h5-9,11-12,17,26H,3-4,10,13H2,1-2H3/t17-/m1/s1. The van der Waals surface area contributed by atoms with Gasteiger partial charge in [-0.1, -0.05) is 29.0 Å². The number of hydrogen-bond donors (Lipinski definition) is 1. The molecule has 0 spiro atoms. The van der Waals surface area contributed by atoms with Gasteiger partial charge in [-0.15, -0.1) is 10.2 Å². The van der Waals surface area contributed by atoms with Crippen molar-refractivity contribution in [1.82, 2.24) is 25.5 Å². The number of aryl methyl sites for hydroxylation is 2. The minimum Gasteiger partial charge on any atom is -0.315 e. The molecule has 3 aromatic heterocycles. The number of benzene rings is 1. The van der Waals surface area contributed by atoms with Crippen molar-refractivity contribution >= 4 is 45.4 Å². The van der Waals surface area contributed by atoms with E-state index in [1.165, 1.54) is 11.3 Å². The SMILES string of the molecule is Cc1nnc(-c2ccc(C(=O)N(c3nccc4c(Cl)ccc(C)c34)[C@@H]3CCCNC3)cn2)s1. The molecule has 33 heavy (non-hydrogen) atoms. The lowest BCUT2D eigenvalue weighted by molar-refractivity contribution is 0.0971. The summed E-state index contributed by atoms with van der Waals surface area (Å²) in [5.41, 5.74) is 2.23. The van der Waals surface area contributed by atoms with E-state index >= 15 is 0 Å². The van der Waals surface area contributed by atoms with Gasteiger partial charge in [-0.25, -0.2) is 4.98 Å². The molecular formula is C24H23ClN6OS. The summed E-state index contributed by atoms with van der Waals surface area (Å²) < 4.78 is 0. The van der Waals surface area contributed by atoms with E-state index in [9.17, 15) is 4.79 Å². The molecule has 1 N–H and O–H groups in total. The van der Waals surface area contributed by atoms with Crippen molar-refractivity contribution in [2.75, 3.05) is 18.0 Å². The van der Waals surface area contributed by atoms with Crippen molar-refractivity contribution < 1.29 is 4.79 Å². The van der Waals surface area contributed by atoms with E-state index < -0.39 is 0 Å². The highest BCUT2D eigenvalue weighted by Crippen LogP contribution is 2.35. The number of aromatic nitrogens is 4. The number of rotatable bonds is 4. The molecule has 168 valence electrons. The van der Waals surface area contributed by atoms with Crippen molar-refractivity contribution in [3.8, 4) is 10.7 Å². The van der Waals surface area contributed by atoms with Gasteiger partial charge in [-0.2, -0.15) is 0 Å². The Labute approximate surface area is 200 Å². The second-order valence-corrected chi connectivity index (χ2v) is 9.74. The molecule has 9 heteroatoms. The highest BCUT2D eigenvalue weighted by atomic mass is 35.5. The lowest BCUT2D eigenvalue weighted by atomic mass is 10.0. The predicted octanol–water partition coefficient (Wildman–Crippen LogP) is 4.82. The van der Waals surface area contributed by atoms with Crippen LogP contribution in [0.4, 0.5) is 5.82 Å². The van der Waals surface area contributed by atoms with E-state index in [1.54, 1.807) is 18.5 Å². The molecule has 1 fully saturated rings. The Kier molecular flexibility index (Phi) is 6.05. The molecule has 1 aliphatic heterocycles. The van der Waals surface area contributed by atoms with Crippen molar-refractivity contribution in [2.45, 2.75) is 32.7 Å². The molecule has 0 aliphatic carbocycles. The summed E-state index contributed by atoms with van der Waals surface area (Å²) in [6.45, 7) is 5.58. The minimum atomic E-state index is -0.129. The summed E-state index contributed by atoms with van der Waals surface area (Å²) in [7, 11) is 0. The van der Waals surface area contributed by atoms with Gasteiger partial charge >= 0.3 is 0 Å². The Morgan fingerprint density at radius 2 is 2.03 bits per heavy atom. The molecule has 0 unspecified atom stereocenters. The van der Waals surface area contributed by atoms with Gasteiger partial charge in [0.2, 0.25) is 0 Å². The zero-order valence-corrected chi connectivity index (χ0v) is 20.0. The smallest absolute Gasteiger partial charge is 0.261 e. The number of nitrogens with zero attached hydrogens (tertiary/aromatic N) is 5. The maximum absolute atomic E-state index is 13.9. The predicted molar refractivity (Wildman–Crippen MR) is 132 cm³/mol. The van der Waals surface area contributed by atoms with Crippen LogP contribution in [0.1, 0.15) is 33.8 Å². The van der Waals surface area contributed by atoms with Crippen LogP contribution in [0.15, 0.2) is 42.7 Å². The topological polar surface area (TPSA) is 83.9 Å². The normalized spacial score (nSPS) is 16.2.